The first kappa shape index (κ1) is 17.6. The molecule has 0 unspecified atom stereocenters. The summed E-state index contributed by atoms with van der Waals surface area (Å²) in [6.45, 7) is 3.96. The Hall–Kier alpha value is -3.80. The normalized spacial score (nSPS) is 11.4. The molecule has 2 aromatic carbocycles. The molecular formula is C22H19N3O3. The first-order valence-corrected chi connectivity index (χ1v) is 8.83. The molecule has 0 fully saturated rings. The summed E-state index contributed by atoms with van der Waals surface area (Å²) >= 11 is 0. The lowest BCUT2D eigenvalue weighted by Gasteiger charge is -2.09. The van der Waals surface area contributed by atoms with Crippen LogP contribution in [0, 0.1) is 13.8 Å². The zero-order chi connectivity index (χ0) is 19.7. The number of nitrogens with zero attached hydrogens (tertiary/aromatic N) is 2. The van der Waals surface area contributed by atoms with Crippen molar-refractivity contribution in [2.75, 3.05) is 0 Å². The summed E-state index contributed by atoms with van der Waals surface area (Å²) in [7, 11) is 0. The van der Waals surface area contributed by atoms with Crippen molar-refractivity contribution >= 4 is 23.1 Å². The Labute approximate surface area is 161 Å². The Balaban J connectivity index is 1.52. The van der Waals surface area contributed by atoms with E-state index in [9.17, 15) is 9.90 Å². The highest BCUT2D eigenvalue weighted by molar-refractivity contribution is 5.96. The van der Waals surface area contributed by atoms with Gasteiger partial charge < -0.3 is 14.1 Å². The quantitative estimate of drug-likeness (QED) is 0.413. The van der Waals surface area contributed by atoms with Crippen LogP contribution in [0.5, 0.6) is 5.75 Å². The van der Waals surface area contributed by atoms with Crippen molar-refractivity contribution in [3.63, 3.8) is 0 Å². The molecule has 0 aliphatic heterocycles. The summed E-state index contributed by atoms with van der Waals surface area (Å²) in [5.41, 5.74) is 6.99. The maximum absolute atomic E-state index is 12.3. The summed E-state index contributed by atoms with van der Waals surface area (Å²) in [6.07, 6.45) is 1.61. The topological polar surface area (TPSA) is 79.8 Å². The molecule has 1 amide bonds. The summed E-state index contributed by atoms with van der Waals surface area (Å²) in [5, 5.41) is 14.4. The molecule has 0 radical (unpaired) electrons. The molecule has 140 valence electrons. The minimum atomic E-state index is -0.403. The van der Waals surface area contributed by atoms with Crippen molar-refractivity contribution in [2.24, 2.45) is 5.10 Å². The molecule has 4 aromatic rings. The summed E-state index contributed by atoms with van der Waals surface area (Å²) in [6, 6.07) is 18.1. The number of amides is 1. The Kier molecular flexibility index (Phi) is 4.45. The van der Waals surface area contributed by atoms with Gasteiger partial charge in [-0.05, 0) is 56.3 Å². The zero-order valence-corrected chi connectivity index (χ0v) is 15.5. The molecular weight excluding hydrogens is 354 g/mol. The number of hydrogen-bond acceptors (Lipinski definition) is 4. The number of phenolic OH excluding ortho intramolecular Hbond substituents is 1. The predicted octanol–water partition coefficient (Wildman–Crippen LogP) is 4.31. The van der Waals surface area contributed by atoms with Gasteiger partial charge in [-0.1, -0.05) is 18.2 Å². The Morgan fingerprint density at radius 3 is 2.61 bits per heavy atom. The van der Waals surface area contributed by atoms with Crippen molar-refractivity contribution in [2.45, 2.75) is 13.8 Å². The van der Waals surface area contributed by atoms with Crippen molar-refractivity contribution in [3.8, 4) is 11.4 Å². The highest BCUT2D eigenvalue weighted by Gasteiger charge is 2.12. The smallest absolute Gasteiger partial charge is 0.307 e. The number of aromatic hydroxyl groups is 1. The second kappa shape index (κ2) is 7.08. The minimum Gasteiger partial charge on any atom is -0.508 e. The molecule has 0 saturated heterocycles. The molecule has 4 rings (SSSR count). The molecule has 2 heterocycles. The largest absolute Gasteiger partial charge is 0.508 e. The maximum atomic E-state index is 12.3. The van der Waals surface area contributed by atoms with Gasteiger partial charge >= 0.3 is 5.91 Å². The number of para-hydroxylation sites is 1. The van der Waals surface area contributed by atoms with Crippen LogP contribution in [0.1, 0.15) is 27.5 Å². The number of rotatable bonds is 4. The average molecular weight is 373 g/mol. The Bertz CT molecular complexity index is 1150. The Morgan fingerprint density at radius 2 is 1.86 bits per heavy atom. The number of carbonyl (C=O) groups excluding carboxylic acids is 1. The summed E-state index contributed by atoms with van der Waals surface area (Å²) in [4.78, 5) is 12.3. The van der Waals surface area contributed by atoms with Crippen LogP contribution in [0.25, 0.3) is 16.7 Å². The number of aromatic nitrogens is 1. The fourth-order valence-electron chi connectivity index (χ4n) is 3.23. The van der Waals surface area contributed by atoms with Crippen molar-refractivity contribution in [1.82, 2.24) is 9.99 Å². The second-order valence-corrected chi connectivity index (χ2v) is 6.53. The lowest BCUT2D eigenvalue weighted by molar-refractivity contribution is 0.0929. The summed E-state index contributed by atoms with van der Waals surface area (Å²) in [5.74, 6) is 0.0361. The highest BCUT2D eigenvalue weighted by atomic mass is 16.3. The van der Waals surface area contributed by atoms with Gasteiger partial charge in [0.05, 0.1) is 6.21 Å². The van der Waals surface area contributed by atoms with Gasteiger partial charge in [0.2, 0.25) is 0 Å². The van der Waals surface area contributed by atoms with E-state index in [0.29, 0.717) is 5.58 Å². The molecule has 0 atom stereocenters. The number of carbonyl (C=O) groups is 1. The van der Waals surface area contributed by atoms with Gasteiger partial charge in [-0.15, -0.1) is 0 Å². The van der Waals surface area contributed by atoms with Crippen LogP contribution in [-0.2, 0) is 0 Å². The van der Waals surface area contributed by atoms with E-state index in [1.807, 2.05) is 56.3 Å². The number of hydrazone groups is 1. The van der Waals surface area contributed by atoms with E-state index in [1.54, 1.807) is 24.4 Å². The second-order valence-electron chi connectivity index (χ2n) is 6.53. The first-order chi connectivity index (χ1) is 13.5. The zero-order valence-electron chi connectivity index (χ0n) is 15.5. The standard InChI is InChI=1S/C22H19N3O3/c1-14-11-17(15(2)25(14)18-7-9-19(26)10-8-18)13-23-24-22(27)21-12-16-5-3-4-6-20(16)28-21/h3-13,26H,1-2H3,(H,24,27)/b23-13+. The maximum Gasteiger partial charge on any atom is 0.307 e. The van der Waals surface area contributed by atoms with E-state index in [-0.39, 0.29) is 11.5 Å². The van der Waals surface area contributed by atoms with E-state index in [1.165, 1.54) is 0 Å². The van der Waals surface area contributed by atoms with E-state index in [0.717, 1.165) is 28.0 Å². The highest BCUT2D eigenvalue weighted by Crippen LogP contribution is 2.22. The fraction of sp³-hybridized carbons (Fsp3) is 0.0909. The van der Waals surface area contributed by atoms with Crippen LogP contribution >= 0.6 is 0 Å². The molecule has 6 heteroatoms. The molecule has 0 bridgehead atoms. The molecule has 0 saturated carbocycles. The van der Waals surface area contributed by atoms with E-state index in [4.69, 9.17) is 4.42 Å². The predicted molar refractivity (Wildman–Crippen MR) is 108 cm³/mol. The first-order valence-electron chi connectivity index (χ1n) is 8.83. The number of phenols is 1. The minimum absolute atomic E-state index is 0.216. The van der Waals surface area contributed by atoms with E-state index < -0.39 is 5.91 Å². The SMILES string of the molecule is Cc1cc(/C=N/NC(=O)c2cc3ccccc3o2)c(C)n1-c1ccc(O)cc1. The van der Waals surface area contributed by atoms with Gasteiger partial charge in [0, 0.05) is 28.0 Å². The van der Waals surface area contributed by atoms with Crippen molar-refractivity contribution in [1.29, 1.82) is 0 Å². The van der Waals surface area contributed by atoms with Gasteiger partial charge in [-0.25, -0.2) is 5.43 Å². The van der Waals surface area contributed by atoms with Gasteiger partial charge in [-0.2, -0.15) is 5.10 Å². The molecule has 6 nitrogen and oxygen atoms in total. The molecule has 2 N–H and O–H groups in total. The van der Waals surface area contributed by atoms with Crippen molar-refractivity contribution < 1.29 is 14.3 Å². The molecule has 28 heavy (non-hydrogen) atoms. The average Bonchev–Trinajstić information content (AvgIpc) is 3.24. The lowest BCUT2D eigenvalue weighted by Crippen LogP contribution is -2.16. The number of hydrogen-bond donors (Lipinski definition) is 2. The van der Waals surface area contributed by atoms with Crippen LogP contribution < -0.4 is 5.43 Å². The van der Waals surface area contributed by atoms with E-state index in [2.05, 4.69) is 15.1 Å². The van der Waals surface area contributed by atoms with Crippen LogP contribution in [0.2, 0.25) is 0 Å². The number of fused-ring (bicyclic) bond motifs is 1. The molecule has 0 aliphatic rings. The third-order valence-electron chi connectivity index (χ3n) is 4.60. The molecule has 0 spiro atoms. The monoisotopic (exact) mass is 373 g/mol. The molecule has 0 aliphatic carbocycles. The Morgan fingerprint density at radius 1 is 1.11 bits per heavy atom. The number of aryl methyl sites for hydroxylation is 1. The van der Waals surface area contributed by atoms with Crippen LogP contribution in [0.4, 0.5) is 0 Å². The molecule has 2 aromatic heterocycles. The number of furan rings is 1. The number of nitrogens with one attached hydrogen (secondary N) is 1. The van der Waals surface area contributed by atoms with Crippen LogP contribution in [0.3, 0.4) is 0 Å². The third-order valence-corrected chi connectivity index (χ3v) is 4.60. The van der Waals surface area contributed by atoms with Gasteiger partial charge in [-0.3, -0.25) is 4.79 Å². The van der Waals surface area contributed by atoms with Crippen LogP contribution in [-0.4, -0.2) is 21.8 Å². The van der Waals surface area contributed by atoms with Gasteiger partial charge in [0.25, 0.3) is 0 Å². The fourth-order valence-corrected chi connectivity index (χ4v) is 3.23. The van der Waals surface area contributed by atoms with Gasteiger partial charge in [0.15, 0.2) is 5.76 Å². The van der Waals surface area contributed by atoms with Gasteiger partial charge in [0.1, 0.15) is 11.3 Å². The van der Waals surface area contributed by atoms with Crippen molar-refractivity contribution in [3.05, 3.63) is 83.4 Å². The van der Waals surface area contributed by atoms with Crippen LogP contribution in [0.15, 0.2) is 70.2 Å². The summed E-state index contributed by atoms with van der Waals surface area (Å²) < 4.78 is 7.59. The number of benzene rings is 2. The lowest BCUT2D eigenvalue weighted by atomic mass is 10.2. The third kappa shape index (κ3) is 3.27. The van der Waals surface area contributed by atoms with E-state index >= 15 is 0 Å².